The Bertz CT molecular complexity index is 468. The Balaban J connectivity index is 2.20. The summed E-state index contributed by atoms with van der Waals surface area (Å²) in [5, 5.41) is 3.07. The molecule has 4 heteroatoms. The summed E-state index contributed by atoms with van der Waals surface area (Å²) in [6.45, 7) is 1.89. The first-order chi connectivity index (χ1) is 8.08. The van der Waals surface area contributed by atoms with E-state index in [4.69, 9.17) is 0 Å². The summed E-state index contributed by atoms with van der Waals surface area (Å²) in [4.78, 5) is 24.1. The van der Waals surface area contributed by atoms with Crippen LogP contribution in [-0.4, -0.2) is 25.3 Å². The third-order valence-corrected chi connectivity index (χ3v) is 2.96. The van der Waals surface area contributed by atoms with Crippen LogP contribution in [0.5, 0.6) is 0 Å². The van der Waals surface area contributed by atoms with Crippen molar-refractivity contribution in [1.29, 1.82) is 0 Å². The topological polar surface area (TPSA) is 49.4 Å². The molecule has 0 radical (unpaired) electrons. The van der Waals surface area contributed by atoms with Crippen LogP contribution in [0.25, 0.3) is 0 Å². The fraction of sp³-hybridized carbons (Fsp3) is 0.385. The Labute approximate surface area is 101 Å². The number of benzene rings is 1. The van der Waals surface area contributed by atoms with Gasteiger partial charge in [-0.1, -0.05) is 0 Å². The van der Waals surface area contributed by atoms with Crippen molar-refractivity contribution >= 4 is 23.1 Å². The second-order valence-electron chi connectivity index (χ2n) is 4.35. The van der Waals surface area contributed by atoms with E-state index in [2.05, 4.69) is 5.32 Å². The Morgan fingerprint density at radius 2 is 2.18 bits per heavy atom. The summed E-state index contributed by atoms with van der Waals surface area (Å²) in [6, 6.07) is 5.84. The summed E-state index contributed by atoms with van der Waals surface area (Å²) in [5.41, 5.74) is 3.05. The minimum atomic E-state index is 0.106. The lowest BCUT2D eigenvalue weighted by Gasteiger charge is -2.26. The zero-order valence-electron chi connectivity index (χ0n) is 10.1. The summed E-state index contributed by atoms with van der Waals surface area (Å²) in [7, 11) is 1.79. The number of ketones is 1. The van der Waals surface area contributed by atoms with Gasteiger partial charge in [-0.25, -0.2) is 0 Å². The zero-order chi connectivity index (χ0) is 12.4. The van der Waals surface area contributed by atoms with E-state index in [0.29, 0.717) is 13.0 Å². The van der Waals surface area contributed by atoms with Crippen LogP contribution in [-0.2, 0) is 16.0 Å². The summed E-state index contributed by atoms with van der Waals surface area (Å²) in [6.07, 6.45) is 1.33. The lowest BCUT2D eigenvalue weighted by atomic mass is 10.0. The standard InChI is InChI=1S/C13H16N2O2/c1-9(16)8-14-11-4-5-12-10(7-11)3-6-13(17)15(12)2/h4-5,7,14H,3,6,8H2,1-2H3. The number of nitrogens with one attached hydrogen (secondary N) is 1. The average Bonchev–Trinajstić information content (AvgIpc) is 2.31. The molecule has 4 nitrogen and oxygen atoms in total. The molecule has 1 aromatic rings. The fourth-order valence-corrected chi connectivity index (χ4v) is 1.99. The molecule has 0 aliphatic carbocycles. The van der Waals surface area contributed by atoms with Crippen molar-refractivity contribution in [3.8, 4) is 0 Å². The molecule has 0 atom stereocenters. The van der Waals surface area contributed by atoms with E-state index < -0.39 is 0 Å². The number of hydrogen-bond acceptors (Lipinski definition) is 3. The van der Waals surface area contributed by atoms with Gasteiger partial charge in [-0.15, -0.1) is 0 Å². The SMILES string of the molecule is CC(=O)CNc1ccc2c(c1)CCC(=O)N2C. The molecular formula is C13H16N2O2. The van der Waals surface area contributed by atoms with Gasteiger partial charge in [0.25, 0.3) is 0 Å². The molecule has 0 bridgehead atoms. The summed E-state index contributed by atoms with van der Waals surface area (Å²) < 4.78 is 0. The monoisotopic (exact) mass is 232 g/mol. The van der Waals surface area contributed by atoms with Crippen LogP contribution in [0.15, 0.2) is 18.2 Å². The summed E-state index contributed by atoms with van der Waals surface area (Å²) >= 11 is 0. The van der Waals surface area contributed by atoms with E-state index >= 15 is 0 Å². The molecule has 1 aliphatic rings. The van der Waals surface area contributed by atoms with Crippen LogP contribution in [0.3, 0.4) is 0 Å². The molecule has 1 aliphatic heterocycles. The molecule has 1 N–H and O–H groups in total. The molecule has 90 valence electrons. The Hall–Kier alpha value is -1.84. The number of hydrogen-bond donors (Lipinski definition) is 1. The predicted octanol–water partition coefficient (Wildman–Crippen LogP) is 1.60. The first-order valence-electron chi connectivity index (χ1n) is 5.70. The van der Waals surface area contributed by atoms with Gasteiger partial charge < -0.3 is 10.2 Å². The molecule has 0 unspecified atom stereocenters. The van der Waals surface area contributed by atoms with E-state index in [1.807, 2.05) is 18.2 Å². The number of anilines is 2. The molecule has 0 aromatic heterocycles. The number of carbonyl (C=O) groups is 2. The van der Waals surface area contributed by atoms with E-state index in [9.17, 15) is 9.59 Å². The van der Waals surface area contributed by atoms with Crippen LogP contribution in [0.4, 0.5) is 11.4 Å². The highest BCUT2D eigenvalue weighted by molar-refractivity contribution is 5.96. The molecule has 2 rings (SSSR count). The third-order valence-electron chi connectivity index (χ3n) is 2.96. The summed E-state index contributed by atoms with van der Waals surface area (Å²) in [5.74, 6) is 0.261. The van der Waals surface area contributed by atoms with Crippen LogP contribution in [0, 0.1) is 0 Å². The van der Waals surface area contributed by atoms with Gasteiger partial charge in [0.2, 0.25) is 5.91 Å². The Morgan fingerprint density at radius 1 is 1.41 bits per heavy atom. The van der Waals surface area contributed by atoms with Crippen molar-refractivity contribution in [3.63, 3.8) is 0 Å². The van der Waals surface area contributed by atoms with E-state index in [1.165, 1.54) is 0 Å². The maximum absolute atomic E-state index is 11.5. The minimum absolute atomic E-state index is 0.106. The average molecular weight is 232 g/mol. The second kappa shape index (κ2) is 4.57. The van der Waals surface area contributed by atoms with Crippen molar-refractivity contribution in [2.75, 3.05) is 23.8 Å². The lowest BCUT2D eigenvalue weighted by Crippen LogP contribution is -2.31. The van der Waals surface area contributed by atoms with Crippen LogP contribution in [0.2, 0.25) is 0 Å². The van der Waals surface area contributed by atoms with Crippen molar-refractivity contribution in [3.05, 3.63) is 23.8 Å². The van der Waals surface area contributed by atoms with Crippen molar-refractivity contribution in [1.82, 2.24) is 0 Å². The maximum Gasteiger partial charge on any atom is 0.227 e. The molecule has 0 saturated heterocycles. The number of aryl methyl sites for hydroxylation is 1. The van der Waals surface area contributed by atoms with Gasteiger partial charge >= 0.3 is 0 Å². The van der Waals surface area contributed by atoms with Gasteiger partial charge in [0.1, 0.15) is 5.78 Å². The van der Waals surface area contributed by atoms with Crippen LogP contribution < -0.4 is 10.2 Å². The number of nitrogens with zero attached hydrogens (tertiary/aromatic N) is 1. The molecule has 0 spiro atoms. The highest BCUT2D eigenvalue weighted by Gasteiger charge is 2.20. The number of amides is 1. The quantitative estimate of drug-likeness (QED) is 0.861. The molecule has 1 heterocycles. The Morgan fingerprint density at radius 3 is 2.88 bits per heavy atom. The van der Waals surface area contributed by atoms with Crippen molar-refractivity contribution in [2.45, 2.75) is 19.8 Å². The minimum Gasteiger partial charge on any atom is -0.378 e. The van der Waals surface area contributed by atoms with Gasteiger partial charge in [0, 0.05) is 24.8 Å². The highest BCUT2D eigenvalue weighted by Crippen LogP contribution is 2.29. The van der Waals surface area contributed by atoms with Crippen LogP contribution in [0.1, 0.15) is 18.9 Å². The Kier molecular flexibility index (Phi) is 3.13. The van der Waals surface area contributed by atoms with E-state index in [1.54, 1.807) is 18.9 Å². The number of Topliss-reactive ketones (excluding diaryl/α,β-unsaturated/α-hetero) is 1. The van der Waals surface area contributed by atoms with E-state index in [-0.39, 0.29) is 11.7 Å². The number of carbonyl (C=O) groups excluding carboxylic acids is 2. The smallest absolute Gasteiger partial charge is 0.227 e. The van der Waals surface area contributed by atoms with Crippen molar-refractivity contribution < 1.29 is 9.59 Å². The lowest BCUT2D eigenvalue weighted by molar-refractivity contribution is -0.118. The molecule has 1 amide bonds. The van der Waals surface area contributed by atoms with Gasteiger partial charge in [-0.2, -0.15) is 0 Å². The van der Waals surface area contributed by atoms with Gasteiger partial charge in [0.05, 0.1) is 6.54 Å². The van der Waals surface area contributed by atoms with Crippen LogP contribution >= 0.6 is 0 Å². The second-order valence-corrected chi connectivity index (χ2v) is 4.35. The first kappa shape index (κ1) is 11.6. The van der Waals surface area contributed by atoms with Crippen molar-refractivity contribution in [2.24, 2.45) is 0 Å². The first-order valence-corrected chi connectivity index (χ1v) is 5.70. The number of rotatable bonds is 3. The largest absolute Gasteiger partial charge is 0.378 e. The number of fused-ring (bicyclic) bond motifs is 1. The molecule has 0 fully saturated rings. The molecule has 1 aromatic carbocycles. The van der Waals surface area contributed by atoms with E-state index in [0.717, 1.165) is 23.4 Å². The molecule has 17 heavy (non-hydrogen) atoms. The predicted molar refractivity (Wildman–Crippen MR) is 67.3 cm³/mol. The van der Waals surface area contributed by atoms with Gasteiger partial charge in [-0.3, -0.25) is 9.59 Å². The fourth-order valence-electron chi connectivity index (χ4n) is 1.99. The zero-order valence-corrected chi connectivity index (χ0v) is 10.1. The third kappa shape index (κ3) is 2.46. The normalized spacial score (nSPS) is 14.5. The highest BCUT2D eigenvalue weighted by atomic mass is 16.2. The van der Waals surface area contributed by atoms with Gasteiger partial charge in [-0.05, 0) is 37.1 Å². The molecule has 0 saturated carbocycles. The maximum atomic E-state index is 11.5. The molecular weight excluding hydrogens is 216 g/mol. The van der Waals surface area contributed by atoms with Gasteiger partial charge in [0.15, 0.2) is 0 Å².